The standard InChI is InChI=1S/C10H9F2N3O.ClH/c11-10(15-7-14(12)6-13-15)9(16)8-4-2-1-3-5-8;/h1-6,10H,7H2;1H. The van der Waals surface area contributed by atoms with Crippen molar-refractivity contribution in [3.8, 4) is 0 Å². The summed E-state index contributed by atoms with van der Waals surface area (Å²) in [7, 11) is 0. The minimum atomic E-state index is -1.96. The van der Waals surface area contributed by atoms with Gasteiger partial charge in [0, 0.05) is 5.56 Å². The Kier molecular flexibility index (Phi) is 4.39. The fraction of sp³-hybridized carbons (Fsp3) is 0.200. The molecule has 0 saturated heterocycles. The van der Waals surface area contributed by atoms with E-state index in [1.165, 1.54) is 12.1 Å². The van der Waals surface area contributed by atoms with Crippen molar-refractivity contribution >= 4 is 24.5 Å². The summed E-state index contributed by atoms with van der Waals surface area (Å²) in [5.41, 5.74) is 0.238. The minimum absolute atomic E-state index is 0. The van der Waals surface area contributed by atoms with E-state index in [0.29, 0.717) is 0 Å². The van der Waals surface area contributed by atoms with Crippen LogP contribution in [0.2, 0.25) is 0 Å². The average molecular weight is 262 g/mol. The molecule has 0 aromatic heterocycles. The molecule has 0 fully saturated rings. The Morgan fingerprint density at radius 2 is 2.00 bits per heavy atom. The van der Waals surface area contributed by atoms with E-state index in [2.05, 4.69) is 5.10 Å². The van der Waals surface area contributed by atoms with Crippen LogP contribution in [0.25, 0.3) is 0 Å². The van der Waals surface area contributed by atoms with E-state index >= 15 is 0 Å². The van der Waals surface area contributed by atoms with Gasteiger partial charge in [0.1, 0.15) is 13.0 Å². The number of Topliss-reactive ketones (excluding diaryl/α,β-unsaturated/α-hetero) is 1. The molecule has 0 bridgehead atoms. The monoisotopic (exact) mass is 261 g/mol. The fourth-order valence-electron chi connectivity index (χ4n) is 1.34. The van der Waals surface area contributed by atoms with Crippen molar-refractivity contribution in [2.24, 2.45) is 5.10 Å². The number of hydrazone groups is 1. The summed E-state index contributed by atoms with van der Waals surface area (Å²) < 4.78 is 26.2. The molecule has 1 aliphatic rings. The predicted octanol–water partition coefficient (Wildman–Crippen LogP) is 1.99. The highest BCUT2D eigenvalue weighted by molar-refractivity contribution is 5.99. The first-order valence-corrected chi connectivity index (χ1v) is 4.65. The molecule has 0 spiro atoms. The third kappa shape index (κ3) is 2.91. The second-order valence-electron chi connectivity index (χ2n) is 3.28. The van der Waals surface area contributed by atoms with Crippen LogP contribution in [0.15, 0.2) is 35.4 Å². The lowest BCUT2D eigenvalue weighted by atomic mass is 10.1. The molecule has 0 aliphatic carbocycles. The van der Waals surface area contributed by atoms with Crippen molar-refractivity contribution in [2.45, 2.75) is 6.30 Å². The maximum absolute atomic E-state index is 13.6. The van der Waals surface area contributed by atoms with E-state index in [4.69, 9.17) is 0 Å². The molecule has 1 atom stereocenters. The third-order valence-electron chi connectivity index (χ3n) is 2.14. The number of nitrogens with zero attached hydrogens (tertiary/aromatic N) is 3. The molecule has 1 heterocycles. The average Bonchev–Trinajstić information content (AvgIpc) is 2.75. The van der Waals surface area contributed by atoms with E-state index in [-0.39, 0.29) is 29.8 Å². The van der Waals surface area contributed by atoms with Gasteiger partial charge in [0.25, 0.3) is 6.30 Å². The topological polar surface area (TPSA) is 35.9 Å². The third-order valence-corrected chi connectivity index (χ3v) is 2.14. The Labute approximate surface area is 103 Å². The molecule has 0 saturated carbocycles. The Bertz CT molecular complexity index is 415. The molecule has 92 valence electrons. The highest BCUT2D eigenvalue weighted by atomic mass is 35.5. The molecule has 1 aliphatic heterocycles. The lowest BCUT2D eigenvalue weighted by Crippen LogP contribution is -2.35. The van der Waals surface area contributed by atoms with E-state index < -0.39 is 12.1 Å². The van der Waals surface area contributed by atoms with Gasteiger partial charge in [-0.15, -0.1) is 12.4 Å². The SMILES string of the molecule is Cl.O=C(c1ccccc1)C(F)N1CN(F)C=N1. The first-order valence-electron chi connectivity index (χ1n) is 4.65. The summed E-state index contributed by atoms with van der Waals surface area (Å²) in [5.74, 6) is -0.729. The molecule has 1 aromatic rings. The second-order valence-corrected chi connectivity index (χ2v) is 3.28. The zero-order chi connectivity index (χ0) is 11.5. The van der Waals surface area contributed by atoms with Gasteiger partial charge in [0.2, 0.25) is 5.78 Å². The summed E-state index contributed by atoms with van der Waals surface area (Å²) in [6, 6.07) is 7.99. The van der Waals surface area contributed by atoms with Gasteiger partial charge in [-0.1, -0.05) is 34.8 Å². The highest BCUT2D eigenvalue weighted by Gasteiger charge is 2.29. The van der Waals surface area contributed by atoms with Crippen molar-refractivity contribution in [1.82, 2.24) is 10.1 Å². The summed E-state index contributed by atoms with van der Waals surface area (Å²) in [6.45, 7) is -0.375. The molecule has 2 rings (SSSR count). The van der Waals surface area contributed by atoms with Crippen molar-refractivity contribution in [3.63, 3.8) is 0 Å². The van der Waals surface area contributed by atoms with Gasteiger partial charge in [-0.3, -0.25) is 4.79 Å². The maximum atomic E-state index is 13.6. The lowest BCUT2D eigenvalue weighted by Gasteiger charge is -2.17. The van der Waals surface area contributed by atoms with Gasteiger partial charge in [0.15, 0.2) is 0 Å². The molecule has 1 aromatic carbocycles. The molecule has 0 amide bonds. The molecule has 0 N–H and O–H groups in total. The molecule has 0 radical (unpaired) electrons. The number of carbonyl (C=O) groups excluding carboxylic acids is 1. The van der Waals surface area contributed by atoms with Gasteiger partial charge in [0.05, 0.1) is 0 Å². The summed E-state index contributed by atoms with van der Waals surface area (Å²) >= 11 is 0. The summed E-state index contributed by atoms with van der Waals surface area (Å²) in [4.78, 5) is 11.6. The van der Waals surface area contributed by atoms with Gasteiger partial charge in [-0.25, -0.2) is 9.40 Å². The zero-order valence-electron chi connectivity index (χ0n) is 8.66. The largest absolute Gasteiger partial charge is 0.289 e. The minimum Gasteiger partial charge on any atom is -0.289 e. The van der Waals surface area contributed by atoms with Crippen molar-refractivity contribution in [2.75, 3.05) is 6.67 Å². The van der Waals surface area contributed by atoms with Gasteiger partial charge < -0.3 is 0 Å². The number of hydrogen-bond donors (Lipinski definition) is 0. The lowest BCUT2D eigenvalue weighted by molar-refractivity contribution is 0.0180. The van der Waals surface area contributed by atoms with Gasteiger partial charge >= 0.3 is 0 Å². The quantitative estimate of drug-likeness (QED) is 0.474. The number of hydrogen-bond acceptors (Lipinski definition) is 4. The van der Waals surface area contributed by atoms with Crippen molar-refractivity contribution in [1.29, 1.82) is 0 Å². The van der Waals surface area contributed by atoms with Crippen LogP contribution in [-0.2, 0) is 0 Å². The maximum Gasteiger partial charge on any atom is 0.252 e. The van der Waals surface area contributed by atoms with Gasteiger partial charge in [-0.2, -0.15) is 10.2 Å². The smallest absolute Gasteiger partial charge is 0.252 e. The van der Waals surface area contributed by atoms with Crippen molar-refractivity contribution < 1.29 is 13.7 Å². The van der Waals surface area contributed by atoms with Crippen LogP contribution in [0.4, 0.5) is 8.87 Å². The molecular weight excluding hydrogens is 252 g/mol. The normalized spacial score (nSPS) is 15.6. The molecule has 17 heavy (non-hydrogen) atoms. The van der Waals surface area contributed by atoms with Crippen LogP contribution in [0.5, 0.6) is 0 Å². The van der Waals surface area contributed by atoms with Crippen LogP contribution in [0, 0.1) is 0 Å². The Morgan fingerprint density at radius 1 is 1.35 bits per heavy atom. The predicted molar refractivity (Wildman–Crippen MR) is 61.1 cm³/mol. The fourth-order valence-corrected chi connectivity index (χ4v) is 1.34. The highest BCUT2D eigenvalue weighted by Crippen LogP contribution is 2.14. The van der Waals surface area contributed by atoms with E-state index in [0.717, 1.165) is 11.3 Å². The number of carbonyl (C=O) groups is 1. The van der Waals surface area contributed by atoms with E-state index in [1.54, 1.807) is 18.2 Å². The first-order chi connectivity index (χ1) is 7.68. The van der Waals surface area contributed by atoms with Crippen molar-refractivity contribution in [3.05, 3.63) is 35.9 Å². The van der Waals surface area contributed by atoms with Crippen LogP contribution in [0.1, 0.15) is 10.4 Å². The number of benzene rings is 1. The molecule has 4 nitrogen and oxygen atoms in total. The molecular formula is C10H10ClF2N3O. The number of halogens is 3. The first kappa shape index (κ1) is 13.4. The number of ketones is 1. The van der Waals surface area contributed by atoms with E-state index in [9.17, 15) is 13.7 Å². The summed E-state index contributed by atoms with van der Waals surface area (Å²) in [6.07, 6.45) is -1.13. The summed E-state index contributed by atoms with van der Waals surface area (Å²) in [5, 5.41) is 4.37. The zero-order valence-corrected chi connectivity index (χ0v) is 9.48. The number of alkyl halides is 1. The Balaban J connectivity index is 0.00000144. The van der Waals surface area contributed by atoms with Gasteiger partial charge in [-0.05, 0) is 0 Å². The van der Waals surface area contributed by atoms with E-state index in [1.807, 2.05) is 0 Å². The Morgan fingerprint density at radius 3 is 2.53 bits per heavy atom. The Hall–Kier alpha value is -1.69. The van der Waals surface area contributed by atoms with Crippen LogP contribution >= 0.6 is 12.4 Å². The molecule has 1 unspecified atom stereocenters. The second kappa shape index (κ2) is 5.58. The van der Waals surface area contributed by atoms with Crippen LogP contribution in [0.3, 0.4) is 0 Å². The number of rotatable bonds is 3. The van der Waals surface area contributed by atoms with Crippen LogP contribution < -0.4 is 0 Å². The molecule has 7 heteroatoms. The van der Waals surface area contributed by atoms with Crippen LogP contribution in [-0.4, -0.2) is 35.2 Å².